The summed E-state index contributed by atoms with van der Waals surface area (Å²) >= 11 is 0. The first-order valence-corrected chi connectivity index (χ1v) is 4.52. The van der Waals surface area contributed by atoms with Crippen LogP contribution in [-0.4, -0.2) is 15.2 Å². The van der Waals surface area contributed by atoms with Gasteiger partial charge < -0.3 is 0 Å². The highest BCUT2D eigenvalue weighted by molar-refractivity contribution is 5.63. The number of nitrogens with one attached hydrogen (secondary N) is 1. The molecule has 0 aliphatic rings. The van der Waals surface area contributed by atoms with E-state index in [-0.39, 0.29) is 0 Å². The van der Waals surface area contributed by atoms with Crippen molar-refractivity contribution >= 4 is 0 Å². The first-order valence-electron chi connectivity index (χ1n) is 4.52. The molecular weight excluding hydrogens is 219 g/mol. The Labute approximate surface area is 89.3 Å². The smallest absolute Gasteiger partial charge is 0.282 e. The average molecular weight is 227 g/mol. The van der Waals surface area contributed by atoms with Crippen molar-refractivity contribution < 1.29 is 13.2 Å². The summed E-state index contributed by atoms with van der Waals surface area (Å²) in [5.41, 5.74) is 1.26. The molecule has 16 heavy (non-hydrogen) atoms. The van der Waals surface area contributed by atoms with Gasteiger partial charge in [0.2, 0.25) is 0 Å². The number of rotatable bonds is 1. The number of halogens is 3. The molecule has 0 spiro atoms. The van der Waals surface area contributed by atoms with Crippen molar-refractivity contribution in [3.05, 3.63) is 35.9 Å². The highest BCUT2D eigenvalue weighted by Gasteiger charge is 2.32. The Hall–Kier alpha value is -1.85. The number of hydrogen-bond acceptors (Lipinski definition) is 2. The minimum atomic E-state index is -4.40. The van der Waals surface area contributed by atoms with E-state index in [1.807, 2.05) is 0 Å². The second kappa shape index (κ2) is 3.62. The lowest BCUT2D eigenvalue weighted by Crippen LogP contribution is -2.07. The van der Waals surface area contributed by atoms with E-state index >= 15 is 0 Å². The first kappa shape index (κ1) is 10.7. The summed E-state index contributed by atoms with van der Waals surface area (Å²) in [6.07, 6.45) is -1.65. The number of alkyl halides is 3. The molecule has 2 heterocycles. The molecule has 0 amide bonds. The van der Waals surface area contributed by atoms with Crippen molar-refractivity contribution in [3.63, 3.8) is 0 Å². The number of pyridine rings is 1. The molecule has 2 aromatic rings. The molecule has 2 aromatic heterocycles. The molecule has 0 aliphatic carbocycles. The summed E-state index contributed by atoms with van der Waals surface area (Å²) in [4.78, 5) is 3.38. The molecule has 0 fully saturated rings. The maximum Gasteiger partial charge on any atom is 0.433 e. The van der Waals surface area contributed by atoms with E-state index in [1.54, 1.807) is 13.1 Å². The van der Waals surface area contributed by atoms with E-state index in [9.17, 15) is 13.2 Å². The summed E-state index contributed by atoms with van der Waals surface area (Å²) in [6.45, 7) is 1.79. The van der Waals surface area contributed by atoms with Gasteiger partial charge in [0, 0.05) is 23.0 Å². The largest absolute Gasteiger partial charge is 0.433 e. The van der Waals surface area contributed by atoms with E-state index in [0.29, 0.717) is 5.56 Å². The van der Waals surface area contributed by atoms with Gasteiger partial charge in [0.05, 0.1) is 6.20 Å². The topological polar surface area (TPSA) is 41.6 Å². The lowest BCUT2D eigenvalue weighted by Gasteiger charge is -2.05. The maximum absolute atomic E-state index is 12.3. The molecule has 0 saturated heterocycles. The van der Waals surface area contributed by atoms with Gasteiger partial charge in [-0.25, -0.2) is 0 Å². The summed E-state index contributed by atoms with van der Waals surface area (Å²) in [5, 5.41) is 6.51. The highest BCUT2D eigenvalue weighted by Crippen LogP contribution is 2.29. The molecule has 0 aromatic carbocycles. The Morgan fingerprint density at radius 2 is 1.94 bits per heavy atom. The molecule has 1 N–H and O–H groups in total. The minimum Gasteiger partial charge on any atom is -0.282 e. The van der Waals surface area contributed by atoms with Crippen LogP contribution in [0.15, 0.2) is 24.5 Å². The van der Waals surface area contributed by atoms with E-state index in [0.717, 1.165) is 17.3 Å². The molecule has 0 bridgehead atoms. The molecule has 0 atom stereocenters. The van der Waals surface area contributed by atoms with Gasteiger partial charge in [-0.1, -0.05) is 6.07 Å². The van der Waals surface area contributed by atoms with Crippen LogP contribution in [0, 0.1) is 6.92 Å². The van der Waals surface area contributed by atoms with Gasteiger partial charge >= 0.3 is 6.18 Å². The monoisotopic (exact) mass is 227 g/mol. The van der Waals surface area contributed by atoms with Gasteiger partial charge in [0.25, 0.3) is 0 Å². The predicted molar refractivity (Wildman–Crippen MR) is 51.6 cm³/mol. The Bertz CT molecular complexity index is 485. The predicted octanol–water partition coefficient (Wildman–Crippen LogP) is 2.80. The molecule has 0 saturated carbocycles. The van der Waals surface area contributed by atoms with Crippen molar-refractivity contribution in [1.29, 1.82) is 0 Å². The van der Waals surface area contributed by atoms with Crippen LogP contribution in [0.1, 0.15) is 11.4 Å². The van der Waals surface area contributed by atoms with E-state index in [4.69, 9.17) is 0 Å². The van der Waals surface area contributed by atoms with Gasteiger partial charge in [-0.3, -0.25) is 10.1 Å². The van der Waals surface area contributed by atoms with Crippen molar-refractivity contribution in [3.8, 4) is 11.1 Å². The number of H-pyrrole nitrogens is 1. The maximum atomic E-state index is 12.3. The third-order valence-corrected chi connectivity index (χ3v) is 2.19. The van der Waals surface area contributed by atoms with E-state index < -0.39 is 11.9 Å². The lowest BCUT2D eigenvalue weighted by molar-refractivity contribution is -0.141. The fraction of sp³-hybridized carbons (Fsp3) is 0.200. The van der Waals surface area contributed by atoms with Crippen LogP contribution in [0.2, 0.25) is 0 Å². The number of aromatic amines is 1. The zero-order valence-corrected chi connectivity index (χ0v) is 8.34. The quantitative estimate of drug-likeness (QED) is 0.813. The second-order valence-electron chi connectivity index (χ2n) is 3.34. The third-order valence-electron chi connectivity index (χ3n) is 2.19. The second-order valence-corrected chi connectivity index (χ2v) is 3.34. The zero-order valence-electron chi connectivity index (χ0n) is 8.34. The average Bonchev–Trinajstić information content (AvgIpc) is 2.63. The van der Waals surface area contributed by atoms with Gasteiger partial charge in [0.15, 0.2) is 0 Å². The fourth-order valence-electron chi connectivity index (χ4n) is 1.36. The van der Waals surface area contributed by atoms with Crippen LogP contribution in [0.5, 0.6) is 0 Å². The standard InChI is InChI=1S/C10H8F3N3/c1-6-8(5-15-16-6)7-2-3-9(14-4-7)10(11,12)13/h2-5H,1H3,(H,15,16). The van der Waals surface area contributed by atoms with Gasteiger partial charge in [0.1, 0.15) is 5.69 Å². The Morgan fingerprint density at radius 3 is 2.38 bits per heavy atom. The van der Waals surface area contributed by atoms with Gasteiger partial charge in [-0.05, 0) is 13.0 Å². The molecule has 84 valence electrons. The molecule has 0 unspecified atom stereocenters. The summed E-state index contributed by atoms with van der Waals surface area (Å²) in [7, 11) is 0. The van der Waals surface area contributed by atoms with Crippen LogP contribution in [0.3, 0.4) is 0 Å². The van der Waals surface area contributed by atoms with E-state index in [2.05, 4.69) is 15.2 Å². The van der Waals surface area contributed by atoms with Crippen LogP contribution in [-0.2, 0) is 6.18 Å². The molecule has 0 aliphatic heterocycles. The number of aryl methyl sites for hydroxylation is 1. The molecule has 3 nitrogen and oxygen atoms in total. The van der Waals surface area contributed by atoms with Gasteiger partial charge in [-0.2, -0.15) is 18.3 Å². The minimum absolute atomic E-state index is 0.610. The van der Waals surface area contributed by atoms with Crippen LogP contribution >= 0.6 is 0 Å². The number of aromatic nitrogens is 3. The van der Waals surface area contributed by atoms with Crippen LogP contribution in [0.4, 0.5) is 13.2 Å². The molecular formula is C10H8F3N3. The number of nitrogens with zero attached hydrogens (tertiary/aromatic N) is 2. The Balaban J connectivity index is 2.37. The van der Waals surface area contributed by atoms with Gasteiger partial charge in [-0.15, -0.1) is 0 Å². The summed E-state index contributed by atoms with van der Waals surface area (Å²) in [6, 6.07) is 2.34. The van der Waals surface area contributed by atoms with Crippen molar-refractivity contribution in [1.82, 2.24) is 15.2 Å². The SMILES string of the molecule is Cc1[nH]ncc1-c1ccc(C(F)(F)F)nc1. The zero-order chi connectivity index (χ0) is 11.8. The summed E-state index contributed by atoms with van der Waals surface area (Å²) < 4.78 is 36.8. The van der Waals surface area contributed by atoms with Crippen molar-refractivity contribution in [2.24, 2.45) is 0 Å². The number of hydrogen-bond donors (Lipinski definition) is 1. The van der Waals surface area contributed by atoms with Crippen molar-refractivity contribution in [2.75, 3.05) is 0 Å². The molecule has 0 radical (unpaired) electrons. The molecule has 6 heteroatoms. The fourth-order valence-corrected chi connectivity index (χ4v) is 1.36. The summed E-state index contributed by atoms with van der Waals surface area (Å²) in [5.74, 6) is 0. The lowest BCUT2D eigenvalue weighted by atomic mass is 10.1. The first-order chi connectivity index (χ1) is 7.48. The highest BCUT2D eigenvalue weighted by atomic mass is 19.4. The third kappa shape index (κ3) is 1.91. The normalized spacial score (nSPS) is 11.8. The Kier molecular flexibility index (Phi) is 2.41. The van der Waals surface area contributed by atoms with Crippen molar-refractivity contribution in [2.45, 2.75) is 13.1 Å². The van der Waals surface area contributed by atoms with Crippen LogP contribution in [0.25, 0.3) is 11.1 Å². The van der Waals surface area contributed by atoms with E-state index in [1.165, 1.54) is 12.3 Å². The Morgan fingerprint density at radius 1 is 1.19 bits per heavy atom. The van der Waals surface area contributed by atoms with Crippen LogP contribution < -0.4 is 0 Å². The molecule has 2 rings (SSSR count).